The van der Waals surface area contributed by atoms with E-state index >= 15 is 0 Å². The second kappa shape index (κ2) is 4.60. The molecule has 82 valence electrons. The smallest absolute Gasteiger partial charge is 0.0105 e. The Morgan fingerprint density at radius 1 is 1.36 bits per heavy atom. The number of hydrogen-bond donors (Lipinski definition) is 1. The molecule has 2 rings (SSSR count). The summed E-state index contributed by atoms with van der Waals surface area (Å²) in [6, 6.07) is 0.915. The van der Waals surface area contributed by atoms with Crippen molar-refractivity contribution in [2.75, 3.05) is 39.8 Å². The van der Waals surface area contributed by atoms with Gasteiger partial charge in [-0.2, -0.15) is 0 Å². The Bertz CT molecular complexity index is 179. The van der Waals surface area contributed by atoms with Crippen molar-refractivity contribution >= 4 is 0 Å². The van der Waals surface area contributed by atoms with Crippen LogP contribution in [-0.4, -0.2) is 55.6 Å². The summed E-state index contributed by atoms with van der Waals surface area (Å²) >= 11 is 0. The number of hydrogen-bond acceptors (Lipinski definition) is 3. The van der Waals surface area contributed by atoms with Crippen LogP contribution in [0.25, 0.3) is 0 Å². The zero-order valence-corrected chi connectivity index (χ0v) is 9.28. The van der Waals surface area contributed by atoms with Crippen molar-refractivity contribution in [1.29, 1.82) is 0 Å². The van der Waals surface area contributed by atoms with E-state index in [1.807, 2.05) is 0 Å². The first-order valence-electron chi connectivity index (χ1n) is 5.92. The lowest BCUT2D eigenvalue weighted by atomic mass is 10.1. The highest BCUT2D eigenvalue weighted by Gasteiger charge is 2.29. The van der Waals surface area contributed by atoms with Crippen molar-refractivity contribution in [2.45, 2.75) is 25.3 Å². The quantitative estimate of drug-likeness (QED) is 0.691. The maximum absolute atomic E-state index is 5.56. The fourth-order valence-electron chi connectivity index (χ4n) is 2.52. The summed E-state index contributed by atoms with van der Waals surface area (Å²) in [6.45, 7) is 5.73. The Balaban J connectivity index is 1.67. The standard InChI is InChI=1S/C11H23N3/c1-13(11-2-3-11)8-10-4-6-14(9-10)7-5-12/h10-11H,2-9,12H2,1H3/t10-/m1/s1. The number of rotatable bonds is 5. The molecule has 0 bridgehead atoms. The Morgan fingerprint density at radius 3 is 2.79 bits per heavy atom. The number of nitrogens with zero attached hydrogens (tertiary/aromatic N) is 2. The zero-order valence-electron chi connectivity index (χ0n) is 9.28. The molecule has 1 saturated heterocycles. The van der Waals surface area contributed by atoms with Gasteiger partial charge in [0.1, 0.15) is 0 Å². The largest absolute Gasteiger partial charge is 0.329 e. The first-order valence-corrected chi connectivity index (χ1v) is 5.92. The van der Waals surface area contributed by atoms with Crippen molar-refractivity contribution in [1.82, 2.24) is 9.80 Å². The van der Waals surface area contributed by atoms with Crippen LogP contribution in [0.3, 0.4) is 0 Å². The SMILES string of the molecule is CN(C[C@H]1CCN(CCN)C1)C1CC1. The molecule has 0 aromatic heterocycles. The van der Waals surface area contributed by atoms with Crippen LogP contribution in [0.5, 0.6) is 0 Å². The van der Waals surface area contributed by atoms with Crippen molar-refractivity contribution in [3.05, 3.63) is 0 Å². The Hall–Kier alpha value is -0.120. The molecule has 1 heterocycles. The van der Waals surface area contributed by atoms with Gasteiger partial charge in [0, 0.05) is 32.2 Å². The summed E-state index contributed by atoms with van der Waals surface area (Å²) in [7, 11) is 2.28. The van der Waals surface area contributed by atoms with E-state index in [0.29, 0.717) is 0 Å². The molecule has 1 aliphatic heterocycles. The van der Waals surface area contributed by atoms with E-state index in [4.69, 9.17) is 5.73 Å². The highest BCUT2D eigenvalue weighted by molar-refractivity contribution is 4.85. The third-order valence-electron chi connectivity index (χ3n) is 3.53. The molecule has 0 radical (unpaired) electrons. The van der Waals surface area contributed by atoms with Crippen molar-refractivity contribution in [3.8, 4) is 0 Å². The van der Waals surface area contributed by atoms with Gasteiger partial charge in [-0.1, -0.05) is 0 Å². The van der Waals surface area contributed by atoms with E-state index in [9.17, 15) is 0 Å². The molecular weight excluding hydrogens is 174 g/mol. The van der Waals surface area contributed by atoms with Crippen LogP contribution in [0.15, 0.2) is 0 Å². The lowest BCUT2D eigenvalue weighted by Crippen LogP contribution is -2.31. The van der Waals surface area contributed by atoms with Gasteiger partial charge < -0.3 is 15.5 Å². The monoisotopic (exact) mass is 197 g/mol. The summed E-state index contributed by atoms with van der Waals surface area (Å²) in [5.41, 5.74) is 5.56. The van der Waals surface area contributed by atoms with Crippen LogP contribution in [0.4, 0.5) is 0 Å². The molecule has 1 saturated carbocycles. The fraction of sp³-hybridized carbons (Fsp3) is 1.00. The highest BCUT2D eigenvalue weighted by atomic mass is 15.2. The first kappa shape index (κ1) is 10.4. The molecule has 0 unspecified atom stereocenters. The molecule has 0 amide bonds. The maximum Gasteiger partial charge on any atom is 0.0105 e. The van der Waals surface area contributed by atoms with Gasteiger partial charge in [-0.3, -0.25) is 0 Å². The average molecular weight is 197 g/mol. The van der Waals surface area contributed by atoms with Gasteiger partial charge in [-0.25, -0.2) is 0 Å². The average Bonchev–Trinajstić information content (AvgIpc) is 2.92. The molecule has 14 heavy (non-hydrogen) atoms. The van der Waals surface area contributed by atoms with E-state index in [1.54, 1.807) is 0 Å². The van der Waals surface area contributed by atoms with Crippen LogP contribution in [0, 0.1) is 5.92 Å². The molecule has 0 spiro atoms. The van der Waals surface area contributed by atoms with Gasteiger partial charge in [0.15, 0.2) is 0 Å². The van der Waals surface area contributed by atoms with E-state index in [-0.39, 0.29) is 0 Å². The van der Waals surface area contributed by atoms with Crippen LogP contribution >= 0.6 is 0 Å². The van der Waals surface area contributed by atoms with Gasteiger partial charge in [-0.15, -0.1) is 0 Å². The Morgan fingerprint density at radius 2 is 2.14 bits per heavy atom. The minimum atomic E-state index is 0.811. The predicted octanol–water partition coefficient (Wildman–Crippen LogP) is 0.361. The zero-order chi connectivity index (χ0) is 9.97. The van der Waals surface area contributed by atoms with Gasteiger partial charge in [-0.05, 0) is 38.8 Å². The van der Waals surface area contributed by atoms with Gasteiger partial charge in [0.2, 0.25) is 0 Å². The van der Waals surface area contributed by atoms with E-state index < -0.39 is 0 Å². The minimum Gasteiger partial charge on any atom is -0.329 e. The second-order valence-corrected chi connectivity index (χ2v) is 4.91. The summed E-state index contributed by atoms with van der Waals surface area (Å²) in [4.78, 5) is 5.06. The molecule has 1 aliphatic carbocycles. The molecule has 1 atom stereocenters. The predicted molar refractivity (Wildman–Crippen MR) is 59.3 cm³/mol. The third-order valence-corrected chi connectivity index (χ3v) is 3.53. The number of nitrogens with two attached hydrogens (primary N) is 1. The minimum absolute atomic E-state index is 0.811. The molecule has 0 aromatic rings. The normalized spacial score (nSPS) is 28.9. The Kier molecular flexibility index (Phi) is 3.42. The van der Waals surface area contributed by atoms with Crippen LogP contribution in [-0.2, 0) is 0 Å². The molecule has 2 N–H and O–H groups in total. The topological polar surface area (TPSA) is 32.5 Å². The lowest BCUT2D eigenvalue weighted by molar-refractivity contribution is 0.258. The summed E-state index contributed by atoms with van der Waals surface area (Å²) in [5.74, 6) is 0.896. The molecule has 2 fully saturated rings. The summed E-state index contributed by atoms with van der Waals surface area (Å²) in [5, 5.41) is 0. The summed E-state index contributed by atoms with van der Waals surface area (Å²) < 4.78 is 0. The van der Waals surface area contributed by atoms with Gasteiger partial charge in [0.25, 0.3) is 0 Å². The first-order chi connectivity index (χ1) is 6.79. The summed E-state index contributed by atoms with van der Waals surface area (Å²) in [6.07, 6.45) is 4.22. The lowest BCUT2D eigenvalue weighted by Gasteiger charge is -2.20. The van der Waals surface area contributed by atoms with E-state index in [2.05, 4.69) is 16.8 Å². The van der Waals surface area contributed by atoms with E-state index in [0.717, 1.165) is 25.0 Å². The van der Waals surface area contributed by atoms with Crippen LogP contribution in [0.1, 0.15) is 19.3 Å². The van der Waals surface area contributed by atoms with Crippen LogP contribution in [0.2, 0.25) is 0 Å². The molecule has 3 nitrogen and oxygen atoms in total. The maximum atomic E-state index is 5.56. The fourth-order valence-corrected chi connectivity index (χ4v) is 2.52. The second-order valence-electron chi connectivity index (χ2n) is 4.91. The van der Waals surface area contributed by atoms with Crippen molar-refractivity contribution < 1.29 is 0 Å². The van der Waals surface area contributed by atoms with Crippen LogP contribution < -0.4 is 5.73 Å². The molecule has 3 heteroatoms. The number of likely N-dealkylation sites (tertiary alicyclic amines) is 1. The van der Waals surface area contributed by atoms with E-state index in [1.165, 1.54) is 38.9 Å². The molecular formula is C11H23N3. The van der Waals surface area contributed by atoms with Crippen molar-refractivity contribution in [2.24, 2.45) is 11.7 Å². The molecule has 0 aromatic carbocycles. The molecule has 2 aliphatic rings. The van der Waals surface area contributed by atoms with Gasteiger partial charge >= 0.3 is 0 Å². The Labute approximate surface area is 87.2 Å². The third kappa shape index (κ3) is 2.69. The van der Waals surface area contributed by atoms with Crippen molar-refractivity contribution in [3.63, 3.8) is 0 Å². The highest BCUT2D eigenvalue weighted by Crippen LogP contribution is 2.27. The van der Waals surface area contributed by atoms with Gasteiger partial charge in [0.05, 0.1) is 0 Å².